The zero-order valence-corrected chi connectivity index (χ0v) is 22.8. The van der Waals surface area contributed by atoms with Crippen LogP contribution >= 0.6 is 0 Å². The van der Waals surface area contributed by atoms with E-state index >= 15 is 0 Å². The van der Waals surface area contributed by atoms with Crippen LogP contribution in [0.15, 0.2) is 75.9 Å². The lowest BCUT2D eigenvalue weighted by atomic mass is 9.85. The number of hydrogen-bond acceptors (Lipinski definition) is 7. The molecule has 0 saturated carbocycles. The Hall–Kier alpha value is -4.92. The number of carbonyl (C=O) groups excluding carboxylic acids is 1. The first kappa shape index (κ1) is 25.4. The van der Waals surface area contributed by atoms with Gasteiger partial charge in [-0.25, -0.2) is 9.97 Å². The van der Waals surface area contributed by atoms with Gasteiger partial charge in [0.2, 0.25) is 11.7 Å². The molecule has 1 aliphatic rings. The van der Waals surface area contributed by atoms with Crippen molar-refractivity contribution < 1.29 is 14.3 Å². The van der Waals surface area contributed by atoms with Crippen LogP contribution in [0.5, 0.6) is 5.75 Å². The number of carbonyl (C=O) groups is 1. The molecule has 40 heavy (non-hydrogen) atoms. The van der Waals surface area contributed by atoms with Gasteiger partial charge in [0, 0.05) is 33.3 Å². The Morgan fingerprint density at radius 3 is 2.52 bits per heavy atom. The number of benzene rings is 3. The lowest BCUT2D eigenvalue weighted by Crippen LogP contribution is -2.40. The summed E-state index contributed by atoms with van der Waals surface area (Å²) in [5.74, 6) is -0.178. The van der Waals surface area contributed by atoms with Crippen molar-refractivity contribution in [2.45, 2.75) is 19.4 Å². The van der Waals surface area contributed by atoms with E-state index in [0.29, 0.717) is 35.6 Å². The number of oxazole rings is 1. The van der Waals surface area contributed by atoms with E-state index in [4.69, 9.17) is 9.40 Å². The summed E-state index contributed by atoms with van der Waals surface area (Å²) in [7, 11) is 5.06. The van der Waals surface area contributed by atoms with Crippen LogP contribution in [-0.2, 0) is 13.5 Å². The predicted molar refractivity (Wildman–Crippen MR) is 153 cm³/mol. The minimum absolute atomic E-state index is 0.0137. The van der Waals surface area contributed by atoms with Gasteiger partial charge in [-0.1, -0.05) is 42.5 Å². The van der Waals surface area contributed by atoms with Gasteiger partial charge in [-0.2, -0.15) is 0 Å². The topological polar surface area (TPSA) is 105 Å². The van der Waals surface area contributed by atoms with Crippen molar-refractivity contribution in [1.29, 1.82) is 0 Å². The third-order valence-electron chi connectivity index (χ3n) is 7.51. The minimum Gasteiger partial charge on any atom is -0.501 e. The molecule has 3 heterocycles. The standard InChI is InChI=1S/C31H29N5O4/c1-18-9-5-6-10-21(18)26-22-17-20(29(38)34(2)3)14-13-19(22)15-16-36(26)31-33-25(27(37)30(39)35(31)4)28-32-23-11-7-8-12-24(23)40-28/h5-14,17,26,37H,15-16H2,1-4H3. The van der Waals surface area contributed by atoms with Gasteiger partial charge in [0.15, 0.2) is 11.3 Å². The van der Waals surface area contributed by atoms with Gasteiger partial charge < -0.3 is 19.3 Å². The van der Waals surface area contributed by atoms with E-state index in [9.17, 15) is 14.7 Å². The van der Waals surface area contributed by atoms with Crippen LogP contribution in [0.3, 0.4) is 0 Å². The molecule has 0 spiro atoms. The Morgan fingerprint density at radius 2 is 1.77 bits per heavy atom. The van der Waals surface area contributed by atoms with Gasteiger partial charge in [0.25, 0.3) is 17.4 Å². The maximum atomic E-state index is 13.3. The quantitative estimate of drug-likeness (QED) is 0.362. The Morgan fingerprint density at radius 1 is 1.02 bits per heavy atom. The molecular weight excluding hydrogens is 506 g/mol. The molecule has 1 atom stereocenters. The first-order valence-corrected chi connectivity index (χ1v) is 13.1. The number of hydrogen-bond donors (Lipinski definition) is 1. The van der Waals surface area contributed by atoms with Crippen molar-refractivity contribution in [1.82, 2.24) is 19.4 Å². The molecule has 1 unspecified atom stereocenters. The zero-order valence-electron chi connectivity index (χ0n) is 22.8. The van der Waals surface area contributed by atoms with Crippen molar-refractivity contribution in [2.24, 2.45) is 7.05 Å². The predicted octanol–water partition coefficient (Wildman–Crippen LogP) is 4.46. The maximum Gasteiger partial charge on any atom is 0.297 e. The summed E-state index contributed by atoms with van der Waals surface area (Å²) in [5.41, 5.74) is 5.30. The van der Waals surface area contributed by atoms with Gasteiger partial charge >= 0.3 is 0 Å². The molecule has 0 radical (unpaired) electrons. The number of amides is 1. The molecule has 202 valence electrons. The fourth-order valence-electron chi connectivity index (χ4n) is 5.41. The fourth-order valence-corrected chi connectivity index (χ4v) is 5.41. The molecule has 1 aliphatic heterocycles. The first-order valence-electron chi connectivity index (χ1n) is 13.1. The molecule has 1 N–H and O–H groups in total. The highest BCUT2D eigenvalue weighted by Gasteiger charge is 2.34. The van der Waals surface area contributed by atoms with Crippen LogP contribution in [0.25, 0.3) is 22.7 Å². The lowest BCUT2D eigenvalue weighted by Gasteiger charge is -2.40. The van der Waals surface area contributed by atoms with Crippen LogP contribution in [0.2, 0.25) is 0 Å². The van der Waals surface area contributed by atoms with Crippen LogP contribution in [0.1, 0.15) is 38.7 Å². The second kappa shape index (κ2) is 9.68. The van der Waals surface area contributed by atoms with Crippen molar-refractivity contribution in [3.05, 3.63) is 105 Å². The van der Waals surface area contributed by atoms with E-state index in [1.165, 1.54) is 4.57 Å². The third kappa shape index (κ3) is 4.10. The van der Waals surface area contributed by atoms with Crippen molar-refractivity contribution in [3.63, 3.8) is 0 Å². The van der Waals surface area contributed by atoms with Gasteiger partial charge in [-0.05, 0) is 59.9 Å². The van der Waals surface area contributed by atoms with E-state index in [2.05, 4.69) is 16.0 Å². The summed E-state index contributed by atoms with van der Waals surface area (Å²) in [6, 6.07) is 20.8. The SMILES string of the molecule is Cc1ccccc1C1c2cc(C(=O)N(C)C)ccc2CCN1c1nc(-c2nc3ccccc3o2)c(O)c(=O)n1C. The van der Waals surface area contributed by atoms with Crippen LogP contribution in [-0.4, -0.2) is 51.1 Å². The number of aromatic hydroxyl groups is 1. The summed E-state index contributed by atoms with van der Waals surface area (Å²) in [4.78, 5) is 39.1. The second-order valence-electron chi connectivity index (χ2n) is 10.3. The van der Waals surface area contributed by atoms with Crippen LogP contribution in [0.4, 0.5) is 5.95 Å². The fraction of sp³-hybridized carbons (Fsp3) is 0.226. The number of anilines is 1. The molecule has 3 aromatic carbocycles. The molecule has 2 aromatic heterocycles. The van der Waals surface area contributed by atoms with Gasteiger partial charge in [0.05, 0.1) is 6.04 Å². The van der Waals surface area contributed by atoms with Gasteiger partial charge in [0.1, 0.15) is 5.52 Å². The first-order chi connectivity index (χ1) is 19.2. The highest BCUT2D eigenvalue weighted by molar-refractivity contribution is 5.94. The van der Waals surface area contributed by atoms with E-state index in [1.807, 2.05) is 55.5 Å². The average molecular weight is 536 g/mol. The van der Waals surface area contributed by atoms with Crippen molar-refractivity contribution in [3.8, 4) is 17.3 Å². The zero-order chi connectivity index (χ0) is 28.1. The monoisotopic (exact) mass is 535 g/mol. The lowest BCUT2D eigenvalue weighted by molar-refractivity contribution is 0.0827. The Bertz CT molecular complexity index is 1800. The summed E-state index contributed by atoms with van der Waals surface area (Å²) in [5, 5.41) is 10.9. The molecular formula is C31H29N5O4. The molecule has 6 rings (SSSR count). The molecule has 9 heteroatoms. The summed E-state index contributed by atoms with van der Waals surface area (Å²) >= 11 is 0. The summed E-state index contributed by atoms with van der Waals surface area (Å²) < 4.78 is 7.23. The largest absolute Gasteiger partial charge is 0.501 e. The highest BCUT2D eigenvalue weighted by atomic mass is 16.4. The Labute approximate surface area is 230 Å². The number of fused-ring (bicyclic) bond motifs is 2. The summed E-state index contributed by atoms with van der Waals surface area (Å²) in [6.07, 6.45) is 0.684. The molecule has 0 saturated heterocycles. The third-order valence-corrected chi connectivity index (χ3v) is 7.51. The number of para-hydroxylation sites is 2. The smallest absolute Gasteiger partial charge is 0.297 e. The van der Waals surface area contributed by atoms with E-state index in [1.54, 1.807) is 38.2 Å². The molecule has 1 amide bonds. The minimum atomic E-state index is -0.604. The van der Waals surface area contributed by atoms with E-state index < -0.39 is 11.3 Å². The molecule has 0 aliphatic carbocycles. The molecule has 9 nitrogen and oxygen atoms in total. The molecule has 0 fully saturated rings. The van der Waals surface area contributed by atoms with Gasteiger partial charge in [-0.15, -0.1) is 0 Å². The van der Waals surface area contributed by atoms with Crippen molar-refractivity contribution >= 4 is 23.0 Å². The maximum absolute atomic E-state index is 13.3. The number of nitrogens with zero attached hydrogens (tertiary/aromatic N) is 5. The molecule has 5 aromatic rings. The normalized spacial score (nSPS) is 14.8. The van der Waals surface area contributed by atoms with E-state index in [-0.39, 0.29) is 23.5 Å². The van der Waals surface area contributed by atoms with Gasteiger partial charge in [-0.3, -0.25) is 14.2 Å². The van der Waals surface area contributed by atoms with Crippen LogP contribution < -0.4 is 10.5 Å². The number of aromatic nitrogens is 3. The summed E-state index contributed by atoms with van der Waals surface area (Å²) in [6.45, 7) is 2.61. The highest BCUT2D eigenvalue weighted by Crippen LogP contribution is 2.40. The molecule has 0 bridgehead atoms. The second-order valence-corrected chi connectivity index (χ2v) is 10.3. The Kier molecular flexibility index (Phi) is 6.14. The number of aryl methyl sites for hydroxylation is 1. The Balaban J connectivity index is 1.57. The average Bonchev–Trinajstić information content (AvgIpc) is 3.39. The van der Waals surface area contributed by atoms with E-state index in [0.717, 1.165) is 22.3 Å². The van der Waals surface area contributed by atoms with Crippen molar-refractivity contribution in [2.75, 3.05) is 25.5 Å². The van der Waals surface area contributed by atoms with Crippen LogP contribution in [0, 0.1) is 6.92 Å². The number of rotatable bonds is 4.